The van der Waals surface area contributed by atoms with Gasteiger partial charge in [0.05, 0.1) is 29.8 Å². The maximum Gasteiger partial charge on any atom is 0.308 e. The summed E-state index contributed by atoms with van der Waals surface area (Å²) in [6, 6.07) is -0.659. The quantitative estimate of drug-likeness (QED) is 0.276. The first-order chi connectivity index (χ1) is 17.3. The molecule has 4 fully saturated rings. The van der Waals surface area contributed by atoms with Gasteiger partial charge in [0, 0.05) is 50.6 Å². The second-order valence-corrected chi connectivity index (χ2v) is 12.7. The molecule has 9 nitrogen and oxygen atoms in total. The van der Waals surface area contributed by atoms with Gasteiger partial charge in [-0.25, -0.2) is 0 Å². The molecule has 4 aliphatic rings. The number of aliphatic hydroxyl groups excluding tert-OH is 1. The van der Waals surface area contributed by atoms with Crippen LogP contribution in [0.1, 0.15) is 45.4 Å². The number of hydrogen-bond acceptors (Lipinski definition) is 7. The molecule has 2 bridgehead atoms. The fourth-order valence-electron chi connectivity index (χ4n) is 6.78. The second kappa shape index (κ2) is 11.4. The standard InChI is InChI=1S/C26H41N3O6S/c1-3-10-28(13-12-27-14-17-35-18-15-27)23(32)21-26-9-8-25(2,36-26)20(24(33)34)19(26)22(31)29(21)11-6-4-5-7-16-30/h3,19-21,30H,1,4-18H2,2H3,(H,33,34)/t19-,20-,21?,25+,26?/m0/s1. The third kappa shape index (κ3) is 4.93. The molecule has 0 aromatic rings. The molecule has 2 unspecified atom stereocenters. The van der Waals surface area contributed by atoms with Crippen molar-refractivity contribution in [3.63, 3.8) is 0 Å². The zero-order valence-electron chi connectivity index (χ0n) is 21.4. The first kappa shape index (κ1) is 27.4. The van der Waals surface area contributed by atoms with Crippen molar-refractivity contribution in [3.8, 4) is 0 Å². The molecular weight excluding hydrogens is 482 g/mol. The van der Waals surface area contributed by atoms with E-state index in [1.54, 1.807) is 27.6 Å². The van der Waals surface area contributed by atoms with E-state index < -0.39 is 33.3 Å². The Bertz CT molecular complexity index is 852. The molecule has 0 saturated carbocycles. The number of unbranched alkanes of at least 4 members (excludes halogenated alkanes) is 3. The van der Waals surface area contributed by atoms with Crippen LogP contribution >= 0.6 is 11.8 Å². The second-order valence-electron chi connectivity index (χ2n) is 10.8. The molecule has 2 amide bonds. The summed E-state index contributed by atoms with van der Waals surface area (Å²) in [6.07, 6.45) is 6.25. The van der Waals surface area contributed by atoms with Crippen LogP contribution in [0.3, 0.4) is 0 Å². The Labute approximate surface area is 218 Å². The predicted octanol–water partition coefficient (Wildman–Crippen LogP) is 1.45. The van der Waals surface area contributed by atoms with Crippen LogP contribution in [0.15, 0.2) is 12.7 Å². The summed E-state index contributed by atoms with van der Waals surface area (Å²) in [6.45, 7) is 11.1. The summed E-state index contributed by atoms with van der Waals surface area (Å²) in [7, 11) is 0. The van der Waals surface area contributed by atoms with Gasteiger partial charge in [-0.2, -0.15) is 0 Å². The molecule has 2 N–H and O–H groups in total. The number of hydrogen-bond donors (Lipinski definition) is 2. The zero-order valence-corrected chi connectivity index (χ0v) is 22.2. The average molecular weight is 524 g/mol. The van der Waals surface area contributed by atoms with Gasteiger partial charge < -0.3 is 24.7 Å². The highest BCUT2D eigenvalue weighted by Gasteiger charge is 2.77. The van der Waals surface area contributed by atoms with Crippen LogP contribution in [0.4, 0.5) is 0 Å². The number of fused-ring (bicyclic) bond motifs is 1. The minimum Gasteiger partial charge on any atom is -0.481 e. The van der Waals surface area contributed by atoms with Gasteiger partial charge in [-0.1, -0.05) is 18.9 Å². The minimum absolute atomic E-state index is 0.0860. The van der Waals surface area contributed by atoms with Gasteiger partial charge in [-0.05, 0) is 32.6 Å². The van der Waals surface area contributed by atoms with Crippen molar-refractivity contribution in [2.24, 2.45) is 11.8 Å². The number of amides is 2. The molecule has 36 heavy (non-hydrogen) atoms. The Morgan fingerprint density at radius 3 is 2.58 bits per heavy atom. The SMILES string of the molecule is C=CCN(CCN1CCOCC1)C(=O)C1N(CCCCCCO)C(=O)[C@@H]2[C@@H](C(=O)O)[C@@]3(C)CCC12S3. The number of likely N-dealkylation sites (tertiary alicyclic amines) is 1. The molecule has 0 aliphatic carbocycles. The molecule has 10 heteroatoms. The number of aliphatic carboxylic acids is 1. The molecule has 0 aromatic heterocycles. The van der Waals surface area contributed by atoms with E-state index in [9.17, 15) is 19.5 Å². The topological polar surface area (TPSA) is 111 Å². The lowest BCUT2D eigenvalue weighted by Crippen LogP contribution is -2.56. The Balaban J connectivity index is 1.59. The van der Waals surface area contributed by atoms with E-state index in [4.69, 9.17) is 9.84 Å². The lowest BCUT2D eigenvalue weighted by Gasteiger charge is -2.38. The van der Waals surface area contributed by atoms with E-state index in [1.165, 1.54) is 0 Å². The number of carboxylic acid groups (broad SMARTS) is 1. The van der Waals surface area contributed by atoms with Gasteiger partial charge in [0.2, 0.25) is 11.8 Å². The number of morpholine rings is 1. The Kier molecular flexibility index (Phi) is 8.69. The van der Waals surface area contributed by atoms with E-state index in [0.717, 1.165) is 38.9 Å². The number of aliphatic hydroxyl groups is 1. The molecule has 4 rings (SSSR count). The smallest absolute Gasteiger partial charge is 0.308 e. The van der Waals surface area contributed by atoms with Gasteiger partial charge in [0.25, 0.3) is 0 Å². The van der Waals surface area contributed by atoms with Crippen LogP contribution in [-0.4, -0.2) is 117 Å². The molecule has 4 saturated heterocycles. The van der Waals surface area contributed by atoms with Crippen LogP contribution in [0.5, 0.6) is 0 Å². The monoisotopic (exact) mass is 523 g/mol. The highest BCUT2D eigenvalue weighted by molar-refractivity contribution is 8.02. The average Bonchev–Trinajstić information content (AvgIpc) is 3.42. The van der Waals surface area contributed by atoms with E-state index in [0.29, 0.717) is 52.1 Å². The Morgan fingerprint density at radius 2 is 1.92 bits per heavy atom. The third-order valence-electron chi connectivity index (χ3n) is 8.53. The van der Waals surface area contributed by atoms with Gasteiger partial charge in [0.15, 0.2) is 0 Å². The zero-order chi connectivity index (χ0) is 25.9. The highest BCUT2D eigenvalue weighted by atomic mass is 32.2. The summed E-state index contributed by atoms with van der Waals surface area (Å²) in [5.41, 5.74) is 0. The van der Waals surface area contributed by atoms with Gasteiger partial charge in [-0.3, -0.25) is 19.3 Å². The first-order valence-corrected chi connectivity index (χ1v) is 14.1. The summed E-state index contributed by atoms with van der Waals surface area (Å²) in [5, 5.41) is 19.2. The van der Waals surface area contributed by atoms with Crippen LogP contribution in [0.25, 0.3) is 0 Å². The summed E-state index contributed by atoms with van der Waals surface area (Å²) in [5.74, 6) is -2.64. The van der Waals surface area contributed by atoms with Crippen molar-refractivity contribution < 1.29 is 29.3 Å². The molecule has 0 aromatic carbocycles. The summed E-state index contributed by atoms with van der Waals surface area (Å²) >= 11 is 1.58. The van der Waals surface area contributed by atoms with Crippen molar-refractivity contribution >= 4 is 29.5 Å². The molecule has 4 aliphatic heterocycles. The van der Waals surface area contributed by atoms with Gasteiger partial charge in [0.1, 0.15) is 6.04 Å². The first-order valence-electron chi connectivity index (χ1n) is 13.3. The molecular formula is C26H41N3O6S. The molecule has 1 spiro atoms. The van der Waals surface area contributed by atoms with Crippen molar-refractivity contribution in [3.05, 3.63) is 12.7 Å². The third-order valence-corrected chi connectivity index (χ3v) is 10.5. The largest absolute Gasteiger partial charge is 0.481 e. The number of thioether (sulfide) groups is 1. The lowest BCUT2D eigenvalue weighted by atomic mass is 9.66. The van der Waals surface area contributed by atoms with Gasteiger partial charge in [-0.15, -0.1) is 18.3 Å². The maximum absolute atomic E-state index is 14.3. The Hall–Kier alpha value is -1.62. The highest BCUT2D eigenvalue weighted by Crippen LogP contribution is 2.71. The van der Waals surface area contributed by atoms with Crippen LogP contribution < -0.4 is 0 Å². The van der Waals surface area contributed by atoms with Crippen molar-refractivity contribution in [2.75, 3.05) is 59.1 Å². The van der Waals surface area contributed by atoms with Crippen molar-refractivity contribution in [1.82, 2.24) is 14.7 Å². The molecule has 0 radical (unpaired) electrons. The van der Waals surface area contributed by atoms with E-state index in [2.05, 4.69) is 11.5 Å². The molecule has 4 heterocycles. The summed E-state index contributed by atoms with van der Waals surface area (Å²) < 4.78 is 4.21. The number of nitrogens with zero attached hydrogens (tertiary/aromatic N) is 3. The van der Waals surface area contributed by atoms with E-state index in [1.807, 2.05) is 6.92 Å². The number of ether oxygens (including phenoxy) is 1. The number of rotatable bonds is 13. The van der Waals surface area contributed by atoms with E-state index in [-0.39, 0.29) is 18.4 Å². The fourth-order valence-corrected chi connectivity index (χ4v) is 9.12. The van der Waals surface area contributed by atoms with Crippen molar-refractivity contribution in [1.29, 1.82) is 0 Å². The normalized spacial score (nSPS) is 33.7. The van der Waals surface area contributed by atoms with Crippen LogP contribution in [-0.2, 0) is 19.1 Å². The van der Waals surface area contributed by atoms with E-state index >= 15 is 0 Å². The van der Waals surface area contributed by atoms with Gasteiger partial charge >= 0.3 is 5.97 Å². The maximum atomic E-state index is 14.3. The molecule has 202 valence electrons. The Morgan fingerprint density at radius 1 is 1.19 bits per heavy atom. The fraction of sp³-hybridized carbons (Fsp3) is 0.808. The number of carbonyl (C=O) groups is 3. The lowest BCUT2D eigenvalue weighted by molar-refractivity contribution is -0.150. The predicted molar refractivity (Wildman–Crippen MR) is 138 cm³/mol. The number of carbonyl (C=O) groups excluding carboxylic acids is 2. The minimum atomic E-state index is -0.934. The van der Waals surface area contributed by atoms with Crippen LogP contribution in [0.2, 0.25) is 0 Å². The van der Waals surface area contributed by atoms with Crippen molar-refractivity contribution in [2.45, 2.75) is 61.0 Å². The molecule has 5 atom stereocenters. The number of carboxylic acids is 1. The summed E-state index contributed by atoms with van der Waals surface area (Å²) in [4.78, 5) is 46.3. The van der Waals surface area contributed by atoms with Crippen LogP contribution in [0, 0.1) is 11.8 Å².